The Morgan fingerprint density at radius 3 is 2.26 bits per heavy atom. The van der Waals surface area contributed by atoms with Gasteiger partial charge >= 0.3 is 6.18 Å². The summed E-state index contributed by atoms with van der Waals surface area (Å²) in [7, 11) is 0. The van der Waals surface area contributed by atoms with Crippen LogP contribution in [-0.2, 0) is 15.7 Å². The molecule has 1 aliphatic rings. The minimum Gasteiger partial charge on any atom is -0.347 e. The van der Waals surface area contributed by atoms with Gasteiger partial charge in [0, 0.05) is 0 Å². The van der Waals surface area contributed by atoms with Gasteiger partial charge in [-0.1, -0.05) is 48.5 Å². The molecule has 1 heterocycles. The summed E-state index contributed by atoms with van der Waals surface area (Å²) in [6.07, 6.45) is -6.30. The van der Waals surface area contributed by atoms with E-state index in [0.29, 0.717) is 5.56 Å². The highest BCUT2D eigenvalue weighted by atomic mass is 19.4. The van der Waals surface area contributed by atoms with Gasteiger partial charge in [-0.25, -0.2) is 0 Å². The van der Waals surface area contributed by atoms with Gasteiger partial charge in [0.15, 0.2) is 5.78 Å². The first-order valence-electron chi connectivity index (χ1n) is 7.05. The predicted molar refractivity (Wildman–Crippen MR) is 77.4 cm³/mol. The monoisotopic (exact) mass is 321 g/mol. The molecule has 23 heavy (non-hydrogen) atoms. The first-order valence-corrected chi connectivity index (χ1v) is 7.05. The second kappa shape index (κ2) is 5.79. The largest absolute Gasteiger partial charge is 0.416 e. The van der Waals surface area contributed by atoms with E-state index in [0.717, 1.165) is 12.1 Å². The van der Waals surface area contributed by atoms with E-state index in [2.05, 4.69) is 0 Å². The number of benzene rings is 2. The van der Waals surface area contributed by atoms with Crippen LogP contribution in [0.4, 0.5) is 13.2 Å². The average molecular weight is 321 g/mol. The predicted octanol–water partition coefficient (Wildman–Crippen LogP) is 3.41. The van der Waals surface area contributed by atoms with E-state index in [4.69, 9.17) is 10.5 Å². The molecule has 1 fully saturated rings. The quantitative estimate of drug-likeness (QED) is 0.922. The lowest BCUT2D eigenvalue weighted by molar-refractivity contribution is -0.137. The van der Waals surface area contributed by atoms with Gasteiger partial charge in [-0.15, -0.1) is 0 Å². The average Bonchev–Trinajstić information content (AvgIpc) is 2.82. The molecule has 0 radical (unpaired) electrons. The van der Waals surface area contributed by atoms with Gasteiger partial charge in [-0.2, -0.15) is 13.2 Å². The molecule has 0 bridgehead atoms. The van der Waals surface area contributed by atoms with E-state index in [-0.39, 0.29) is 11.3 Å². The number of halogens is 3. The smallest absolute Gasteiger partial charge is 0.347 e. The van der Waals surface area contributed by atoms with Crippen molar-refractivity contribution in [3.8, 4) is 0 Å². The third kappa shape index (κ3) is 3.00. The van der Waals surface area contributed by atoms with Crippen molar-refractivity contribution in [1.82, 2.24) is 0 Å². The molecule has 3 rings (SSSR count). The Hall–Kier alpha value is -2.18. The van der Waals surface area contributed by atoms with Crippen molar-refractivity contribution in [2.24, 2.45) is 5.73 Å². The first-order chi connectivity index (χ1) is 10.9. The van der Waals surface area contributed by atoms with Crippen LogP contribution < -0.4 is 5.73 Å². The van der Waals surface area contributed by atoms with Crippen LogP contribution in [-0.4, -0.2) is 12.0 Å². The molecule has 1 aliphatic heterocycles. The Bertz CT molecular complexity index is 715. The molecular formula is C17H14F3NO2. The third-order valence-electron chi connectivity index (χ3n) is 3.86. The van der Waals surface area contributed by atoms with Crippen LogP contribution >= 0.6 is 0 Å². The zero-order valence-electron chi connectivity index (χ0n) is 12.0. The molecule has 2 aromatic rings. The van der Waals surface area contributed by atoms with Crippen LogP contribution in [0.2, 0.25) is 0 Å². The first kappa shape index (κ1) is 15.7. The zero-order valence-corrected chi connectivity index (χ0v) is 12.0. The molecule has 0 aliphatic carbocycles. The number of nitrogens with two attached hydrogens (primary N) is 1. The van der Waals surface area contributed by atoms with Gasteiger partial charge in [0.2, 0.25) is 0 Å². The minimum atomic E-state index is -4.47. The van der Waals surface area contributed by atoms with Gasteiger partial charge in [-0.05, 0) is 17.2 Å². The van der Waals surface area contributed by atoms with Crippen molar-refractivity contribution in [1.29, 1.82) is 0 Å². The number of ether oxygens (including phenoxy) is 1. The fraction of sp³-hybridized carbons (Fsp3) is 0.235. The molecule has 1 saturated heterocycles. The molecule has 3 nitrogen and oxygen atoms in total. The SMILES string of the molecule is NC1OC(c2ccccc2)C(=O)C1c1cccc(C(F)(F)F)c1. The maximum Gasteiger partial charge on any atom is 0.416 e. The van der Waals surface area contributed by atoms with Crippen molar-refractivity contribution in [2.45, 2.75) is 24.4 Å². The number of Topliss-reactive ketones (excluding diaryl/α,β-unsaturated/α-hetero) is 1. The highest BCUT2D eigenvalue weighted by Crippen LogP contribution is 2.39. The van der Waals surface area contributed by atoms with E-state index in [1.165, 1.54) is 12.1 Å². The van der Waals surface area contributed by atoms with E-state index < -0.39 is 30.0 Å². The second-order valence-electron chi connectivity index (χ2n) is 5.39. The molecule has 3 unspecified atom stereocenters. The number of hydrogen-bond donors (Lipinski definition) is 1. The summed E-state index contributed by atoms with van der Waals surface area (Å²) in [5, 5.41) is 0. The summed E-state index contributed by atoms with van der Waals surface area (Å²) in [4.78, 5) is 12.6. The Balaban J connectivity index is 1.93. The number of alkyl halides is 3. The standard InChI is InChI=1S/C17H14F3NO2/c18-17(19,20)12-8-4-7-11(9-12)13-14(22)15(23-16(13)21)10-5-2-1-3-6-10/h1-9,13,15-16H,21H2. The van der Waals surface area contributed by atoms with E-state index in [1.807, 2.05) is 0 Å². The van der Waals surface area contributed by atoms with E-state index in [1.54, 1.807) is 30.3 Å². The summed E-state index contributed by atoms with van der Waals surface area (Å²) in [6, 6.07) is 13.4. The number of ketones is 1. The Morgan fingerprint density at radius 1 is 0.957 bits per heavy atom. The van der Waals surface area contributed by atoms with Crippen LogP contribution in [0, 0.1) is 0 Å². The maximum atomic E-state index is 12.8. The fourth-order valence-corrected chi connectivity index (χ4v) is 2.76. The highest BCUT2D eigenvalue weighted by molar-refractivity contribution is 5.93. The molecule has 0 spiro atoms. The van der Waals surface area contributed by atoms with E-state index in [9.17, 15) is 18.0 Å². The molecular weight excluding hydrogens is 307 g/mol. The van der Waals surface area contributed by atoms with Gasteiger partial charge in [0.25, 0.3) is 0 Å². The lowest BCUT2D eigenvalue weighted by Gasteiger charge is -2.14. The Kier molecular flexibility index (Phi) is 3.95. The number of rotatable bonds is 2. The topological polar surface area (TPSA) is 52.3 Å². The highest BCUT2D eigenvalue weighted by Gasteiger charge is 2.43. The van der Waals surface area contributed by atoms with Crippen molar-refractivity contribution in [2.75, 3.05) is 0 Å². The molecule has 0 amide bonds. The van der Waals surface area contributed by atoms with Gasteiger partial charge in [0.05, 0.1) is 11.5 Å². The van der Waals surface area contributed by atoms with Crippen molar-refractivity contribution in [3.63, 3.8) is 0 Å². The maximum absolute atomic E-state index is 12.8. The minimum absolute atomic E-state index is 0.218. The summed E-state index contributed by atoms with van der Waals surface area (Å²) in [5.41, 5.74) is 5.92. The van der Waals surface area contributed by atoms with Crippen LogP contribution in [0.1, 0.15) is 28.7 Å². The number of carbonyl (C=O) groups excluding carboxylic acids is 1. The number of carbonyl (C=O) groups is 1. The lowest BCUT2D eigenvalue weighted by Crippen LogP contribution is -2.27. The summed E-state index contributed by atoms with van der Waals surface area (Å²) in [6.45, 7) is 0. The molecule has 0 saturated carbocycles. The molecule has 0 aromatic heterocycles. The van der Waals surface area contributed by atoms with Crippen LogP contribution in [0.5, 0.6) is 0 Å². The molecule has 2 aromatic carbocycles. The molecule has 6 heteroatoms. The van der Waals surface area contributed by atoms with Crippen molar-refractivity contribution < 1.29 is 22.7 Å². The van der Waals surface area contributed by atoms with Crippen LogP contribution in [0.25, 0.3) is 0 Å². The molecule has 2 N–H and O–H groups in total. The normalized spacial score (nSPS) is 24.9. The van der Waals surface area contributed by atoms with E-state index >= 15 is 0 Å². The van der Waals surface area contributed by atoms with Crippen LogP contribution in [0.3, 0.4) is 0 Å². The Morgan fingerprint density at radius 2 is 1.61 bits per heavy atom. The fourth-order valence-electron chi connectivity index (χ4n) is 2.76. The van der Waals surface area contributed by atoms with Crippen molar-refractivity contribution in [3.05, 3.63) is 71.3 Å². The molecule has 120 valence electrons. The zero-order chi connectivity index (χ0) is 16.6. The molecule has 3 atom stereocenters. The third-order valence-corrected chi connectivity index (χ3v) is 3.86. The summed E-state index contributed by atoms with van der Waals surface area (Å²) < 4.78 is 44.0. The van der Waals surface area contributed by atoms with Gasteiger partial charge in [-0.3, -0.25) is 4.79 Å². The lowest BCUT2D eigenvalue weighted by atomic mass is 9.90. The Labute approximate surface area is 130 Å². The van der Waals surface area contributed by atoms with Gasteiger partial charge < -0.3 is 10.5 Å². The second-order valence-corrected chi connectivity index (χ2v) is 5.39. The van der Waals surface area contributed by atoms with Crippen LogP contribution in [0.15, 0.2) is 54.6 Å². The summed E-state index contributed by atoms with van der Waals surface area (Å²) >= 11 is 0. The number of hydrogen-bond acceptors (Lipinski definition) is 3. The van der Waals surface area contributed by atoms with Crippen molar-refractivity contribution >= 4 is 5.78 Å². The summed E-state index contributed by atoms with van der Waals surface area (Å²) in [5.74, 6) is -1.24. The van der Waals surface area contributed by atoms with Gasteiger partial charge in [0.1, 0.15) is 12.3 Å².